The first-order valence-corrected chi connectivity index (χ1v) is 4.90. The zero-order valence-electron chi connectivity index (χ0n) is 8.37. The van der Waals surface area contributed by atoms with Crippen LogP contribution < -0.4 is 16.4 Å². The summed E-state index contributed by atoms with van der Waals surface area (Å²) < 4.78 is 0. The Morgan fingerprint density at radius 2 is 2.00 bits per heavy atom. The lowest BCUT2D eigenvalue weighted by molar-refractivity contribution is 0.0953. The molecule has 0 saturated carbocycles. The molecule has 0 radical (unpaired) electrons. The minimum Gasteiger partial charge on any atom is -0.352 e. The van der Waals surface area contributed by atoms with Crippen LogP contribution in [-0.2, 0) is 0 Å². The highest BCUT2D eigenvalue weighted by Crippen LogP contribution is 2.04. The molecule has 0 fully saturated rings. The Hall–Kier alpha value is -1.82. The SMILES string of the molecule is NC(=O)NCCNC(=O)c1ccc(Cl)nc1. The van der Waals surface area contributed by atoms with Gasteiger partial charge in [-0.2, -0.15) is 0 Å². The summed E-state index contributed by atoms with van der Waals surface area (Å²) in [7, 11) is 0. The lowest BCUT2D eigenvalue weighted by Crippen LogP contribution is -2.37. The molecule has 0 atom stereocenters. The second kappa shape index (κ2) is 5.92. The summed E-state index contributed by atoms with van der Waals surface area (Å²) in [4.78, 5) is 25.6. The third-order valence-electron chi connectivity index (χ3n) is 1.70. The van der Waals surface area contributed by atoms with Crippen molar-refractivity contribution in [2.24, 2.45) is 5.73 Å². The third kappa shape index (κ3) is 4.14. The first-order valence-electron chi connectivity index (χ1n) is 4.52. The summed E-state index contributed by atoms with van der Waals surface area (Å²) in [6.07, 6.45) is 1.37. The van der Waals surface area contributed by atoms with E-state index in [0.717, 1.165) is 0 Å². The van der Waals surface area contributed by atoms with Gasteiger partial charge < -0.3 is 16.4 Å². The number of hydrogen-bond acceptors (Lipinski definition) is 3. The topological polar surface area (TPSA) is 97.1 Å². The second-order valence-corrected chi connectivity index (χ2v) is 3.30. The highest BCUT2D eigenvalue weighted by molar-refractivity contribution is 6.29. The number of nitrogens with two attached hydrogens (primary N) is 1. The molecule has 86 valence electrons. The quantitative estimate of drug-likeness (QED) is 0.517. The number of urea groups is 1. The van der Waals surface area contributed by atoms with E-state index in [1.807, 2.05) is 0 Å². The zero-order chi connectivity index (χ0) is 12.0. The van der Waals surface area contributed by atoms with E-state index in [1.54, 1.807) is 6.07 Å². The number of primary amides is 1. The van der Waals surface area contributed by atoms with Crippen molar-refractivity contribution in [1.29, 1.82) is 0 Å². The lowest BCUT2D eigenvalue weighted by atomic mass is 10.3. The van der Waals surface area contributed by atoms with Crippen LogP contribution in [0.2, 0.25) is 5.15 Å². The summed E-state index contributed by atoms with van der Waals surface area (Å²) in [5, 5.41) is 5.26. The number of pyridine rings is 1. The summed E-state index contributed by atoms with van der Waals surface area (Å²) in [6.45, 7) is 0.576. The molecule has 0 unspecified atom stereocenters. The Morgan fingerprint density at radius 3 is 2.56 bits per heavy atom. The first kappa shape index (κ1) is 12.3. The van der Waals surface area contributed by atoms with Gasteiger partial charge in [0, 0.05) is 19.3 Å². The van der Waals surface area contributed by atoms with Crippen molar-refractivity contribution in [3.63, 3.8) is 0 Å². The van der Waals surface area contributed by atoms with Gasteiger partial charge in [-0.25, -0.2) is 9.78 Å². The zero-order valence-corrected chi connectivity index (χ0v) is 9.12. The Morgan fingerprint density at radius 1 is 1.31 bits per heavy atom. The van der Waals surface area contributed by atoms with Crippen LogP contribution in [0, 0.1) is 0 Å². The fourth-order valence-corrected chi connectivity index (χ4v) is 1.09. The number of hydrogen-bond donors (Lipinski definition) is 3. The Bertz CT molecular complexity index is 380. The van der Waals surface area contributed by atoms with E-state index in [2.05, 4.69) is 15.6 Å². The standard InChI is InChI=1S/C9H11ClN4O2/c10-7-2-1-6(5-14-7)8(15)12-3-4-13-9(11)16/h1-2,5H,3-4H2,(H,12,15)(H3,11,13,16). The molecule has 1 heterocycles. The van der Waals surface area contributed by atoms with Gasteiger partial charge in [-0.1, -0.05) is 11.6 Å². The maximum Gasteiger partial charge on any atom is 0.312 e. The molecule has 1 aromatic heterocycles. The van der Waals surface area contributed by atoms with Crippen LogP contribution in [-0.4, -0.2) is 30.0 Å². The molecule has 3 amide bonds. The van der Waals surface area contributed by atoms with Gasteiger partial charge in [-0.15, -0.1) is 0 Å². The maximum atomic E-state index is 11.5. The minimum atomic E-state index is -0.623. The average Bonchev–Trinajstić information content (AvgIpc) is 2.25. The summed E-state index contributed by atoms with van der Waals surface area (Å²) in [6, 6.07) is 2.46. The molecule has 7 heteroatoms. The molecule has 6 nitrogen and oxygen atoms in total. The number of carbonyl (C=O) groups is 2. The van der Waals surface area contributed by atoms with Crippen LogP contribution in [0.25, 0.3) is 0 Å². The maximum absolute atomic E-state index is 11.5. The fraction of sp³-hybridized carbons (Fsp3) is 0.222. The molecular formula is C9H11ClN4O2. The number of nitrogens with one attached hydrogen (secondary N) is 2. The van der Waals surface area contributed by atoms with Crippen LogP contribution in [0.3, 0.4) is 0 Å². The number of carbonyl (C=O) groups excluding carboxylic acids is 2. The average molecular weight is 243 g/mol. The van der Waals surface area contributed by atoms with Gasteiger partial charge in [-0.3, -0.25) is 4.79 Å². The predicted molar refractivity (Wildman–Crippen MR) is 59.2 cm³/mol. The number of amides is 3. The van der Waals surface area contributed by atoms with Crippen LogP contribution >= 0.6 is 11.6 Å². The van der Waals surface area contributed by atoms with Crippen molar-refractivity contribution in [1.82, 2.24) is 15.6 Å². The molecule has 1 rings (SSSR count). The van der Waals surface area contributed by atoms with Crippen LogP contribution in [0.15, 0.2) is 18.3 Å². The van der Waals surface area contributed by atoms with Crippen LogP contribution in [0.1, 0.15) is 10.4 Å². The molecule has 0 bridgehead atoms. The van der Waals surface area contributed by atoms with Crippen molar-refractivity contribution >= 4 is 23.5 Å². The van der Waals surface area contributed by atoms with Crippen LogP contribution in [0.5, 0.6) is 0 Å². The Balaban J connectivity index is 2.35. The molecule has 0 aliphatic carbocycles. The number of halogens is 1. The van der Waals surface area contributed by atoms with Crippen molar-refractivity contribution in [2.75, 3.05) is 13.1 Å². The van der Waals surface area contributed by atoms with Gasteiger partial charge in [0.05, 0.1) is 5.56 Å². The van der Waals surface area contributed by atoms with Gasteiger partial charge in [-0.05, 0) is 12.1 Å². The molecule has 0 saturated heterocycles. The van der Waals surface area contributed by atoms with E-state index < -0.39 is 6.03 Å². The van der Waals surface area contributed by atoms with E-state index in [0.29, 0.717) is 17.3 Å². The largest absolute Gasteiger partial charge is 0.352 e. The molecule has 0 aliphatic heterocycles. The van der Waals surface area contributed by atoms with E-state index in [9.17, 15) is 9.59 Å². The highest BCUT2D eigenvalue weighted by atomic mass is 35.5. The van der Waals surface area contributed by atoms with E-state index in [1.165, 1.54) is 12.3 Å². The minimum absolute atomic E-state index is 0.280. The van der Waals surface area contributed by atoms with Gasteiger partial charge >= 0.3 is 6.03 Å². The molecule has 4 N–H and O–H groups in total. The van der Waals surface area contributed by atoms with E-state index in [-0.39, 0.29) is 12.5 Å². The van der Waals surface area contributed by atoms with E-state index >= 15 is 0 Å². The summed E-state index contributed by atoms with van der Waals surface area (Å²) in [5.74, 6) is -0.282. The van der Waals surface area contributed by atoms with Gasteiger partial charge in [0.2, 0.25) is 0 Å². The lowest BCUT2D eigenvalue weighted by Gasteiger charge is -2.05. The molecule has 0 spiro atoms. The Kier molecular flexibility index (Phi) is 4.53. The van der Waals surface area contributed by atoms with Gasteiger partial charge in [0.15, 0.2) is 0 Å². The number of nitrogens with zero attached hydrogens (tertiary/aromatic N) is 1. The summed E-state index contributed by atoms with van der Waals surface area (Å²) in [5.41, 5.74) is 5.26. The van der Waals surface area contributed by atoms with Gasteiger partial charge in [0.25, 0.3) is 5.91 Å². The number of rotatable bonds is 4. The van der Waals surface area contributed by atoms with Crippen molar-refractivity contribution in [3.8, 4) is 0 Å². The van der Waals surface area contributed by atoms with Crippen molar-refractivity contribution in [3.05, 3.63) is 29.0 Å². The smallest absolute Gasteiger partial charge is 0.312 e. The normalized spacial score (nSPS) is 9.56. The van der Waals surface area contributed by atoms with E-state index in [4.69, 9.17) is 17.3 Å². The molecule has 0 aliphatic rings. The number of aromatic nitrogens is 1. The highest BCUT2D eigenvalue weighted by Gasteiger charge is 2.04. The van der Waals surface area contributed by atoms with Crippen LogP contribution in [0.4, 0.5) is 4.79 Å². The molecule has 16 heavy (non-hydrogen) atoms. The van der Waals surface area contributed by atoms with Gasteiger partial charge in [0.1, 0.15) is 5.15 Å². The molecule has 1 aromatic rings. The summed E-state index contributed by atoms with van der Waals surface area (Å²) >= 11 is 5.57. The van der Waals surface area contributed by atoms with Crippen molar-refractivity contribution < 1.29 is 9.59 Å². The third-order valence-corrected chi connectivity index (χ3v) is 1.92. The second-order valence-electron chi connectivity index (χ2n) is 2.92. The molecular weight excluding hydrogens is 232 g/mol. The predicted octanol–water partition coefficient (Wildman–Crippen LogP) is 0.133. The fourth-order valence-electron chi connectivity index (χ4n) is 0.974. The van der Waals surface area contributed by atoms with Crippen molar-refractivity contribution in [2.45, 2.75) is 0 Å². The Labute approximate surface area is 97.2 Å². The monoisotopic (exact) mass is 242 g/mol. The first-order chi connectivity index (χ1) is 7.59. The molecule has 0 aromatic carbocycles.